The van der Waals surface area contributed by atoms with Crippen LogP contribution in [0.4, 0.5) is 10.2 Å². The number of anilines is 1. The standard InChI is InChI=1S/C20H13Cl2FN2O5/c21-14-6-4-11(10-26)8-13(14)12-5-7-17(24-9-12)25(20(28,29)30)19(27)18-15(22)2-1-3-16(18)23/h1-10,28-30H. The Bertz CT molecular complexity index is 1100. The van der Waals surface area contributed by atoms with E-state index in [9.17, 15) is 29.3 Å². The summed E-state index contributed by atoms with van der Waals surface area (Å²) in [5, 5.41) is 29.1. The predicted molar refractivity (Wildman–Crippen MR) is 108 cm³/mol. The van der Waals surface area contributed by atoms with Gasteiger partial charge in [0, 0.05) is 27.9 Å². The molecular formula is C20H13Cl2FN2O5. The Kier molecular flexibility index (Phi) is 6.16. The Balaban J connectivity index is 2.05. The number of pyridine rings is 1. The number of carbonyl (C=O) groups excluding carboxylic acids is 2. The molecule has 0 atom stereocenters. The van der Waals surface area contributed by atoms with Gasteiger partial charge in [0.05, 0.1) is 10.6 Å². The number of hydrogen-bond acceptors (Lipinski definition) is 6. The molecule has 0 saturated carbocycles. The van der Waals surface area contributed by atoms with Gasteiger partial charge in [-0.15, -0.1) is 0 Å². The fourth-order valence-electron chi connectivity index (χ4n) is 2.72. The van der Waals surface area contributed by atoms with E-state index in [1.165, 1.54) is 48.7 Å². The van der Waals surface area contributed by atoms with E-state index in [-0.39, 0.29) is 9.92 Å². The highest BCUT2D eigenvalue weighted by Gasteiger charge is 2.38. The highest BCUT2D eigenvalue weighted by atomic mass is 35.5. The summed E-state index contributed by atoms with van der Waals surface area (Å²) in [5.74, 6) is -2.79. The molecule has 0 saturated heterocycles. The minimum atomic E-state index is -3.70. The van der Waals surface area contributed by atoms with Gasteiger partial charge in [0.1, 0.15) is 17.9 Å². The predicted octanol–water partition coefficient (Wildman–Crippen LogP) is 3.24. The van der Waals surface area contributed by atoms with Crippen molar-refractivity contribution in [2.24, 2.45) is 0 Å². The molecule has 10 heteroatoms. The van der Waals surface area contributed by atoms with Crippen LogP contribution in [0.1, 0.15) is 20.7 Å². The lowest BCUT2D eigenvalue weighted by Gasteiger charge is -2.29. The maximum atomic E-state index is 14.1. The first-order valence-electron chi connectivity index (χ1n) is 8.30. The minimum Gasteiger partial charge on any atom is -0.325 e. The second kappa shape index (κ2) is 8.47. The summed E-state index contributed by atoms with van der Waals surface area (Å²) in [5.41, 5.74) is 0.569. The average molecular weight is 451 g/mol. The van der Waals surface area contributed by atoms with E-state index in [2.05, 4.69) is 4.98 Å². The Hall–Kier alpha value is -2.88. The Morgan fingerprint density at radius 2 is 1.80 bits per heavy atom. The van der Waals surface area contributed by atoms with E-state index >= 15 is 0 Å². The van der Waals surface area contributed by atoms with Crippen LogP contribution in [0.3, 0.4) is 0 Å². The Morgan fingerprint density at radius 1 is 1.07 bits per heavy atom. The van der Waals surface area contributed by atoms with Crippen LogP contribution in [0.5, 0.6) is 0 Å². The lowest BCUT2D eigenvalue weighted by atomic mass is 10.0. The topological polar surface area (TPSA) is 111 Å². The number of carbonyl (C=O) groups is 2. The molecule has 0 radical (unpaired) electrons. The summed E-state index contributed by atoms with van der Waals surface area (Å²) < 4.78 is 14.1. The van der Waals surface area contributed by atoms with Crippen LogP contribution < -0.4 is 4.90 Å². The molecule has 1 heterocycles. The van der Waals surface area contributed by atoms with Gasteiger partial charge < -0.3 is 15.3 Å². The molecule has 3 N–H and O–H groups in total. The Labute approximate surface area is 179 Å². The normalized spacial score (nSPS) is 11.3. The number of amides is 1. The van der Waals surface area contributed by atoms with Crippen LogP contribution in [0, 0.1) is 5.82 Å². The number of rotatable bonds is 5. The molecule has 0 aliphatic carbocycles. The zero-order valence-corrected chi connectivity index (χ0v) is 16.5. The van der Waals surface area contributed by atoms with E-state index in [4.69, 9.17) is 23.2 Å². The van der Waals surface area contributed by atoms with E-state index in [1.807, 2.05) is 0 Å². The maximum absolute atomic E-state index is 14.1. The van der Waals surface area contributed by atoms with Crippen LogP contribution in [0.15, 0.2) is 54.7 Å². The number of aromatic nitrogens is 1. The van der Waals surface area contributed by atoms with E-state index in [0.717, 1.165) is 6.07 Å². The van der Waals surface area contributed by atoms with Gasteiger partial charge in [-0.25, -0.2) is 14.3 Å². The smallest absolute Gasteiger partial charge is 0.325 e. The number of benzene rings is 2. The second-order valence-corrected chi connectivity index (χ2v) is 6.91. The van der Waals surface area contributed by atoms with Crippen LogP contribution in [-0.2, 0) is 0 Å². The monoisotopic (exact) mass is 450 g/mol. The third kappa shape index (κ3) is 4.33. The van der Waals surface area contributed by atoms with Crippen molar-refractivity contribution >= 4 is 41.2 Å². The first kappa shape index (κ1) is 21.8. The van der Waals surface area contributed by atoms with Crippen molar-refractivity contribution in [1.82, 2.24) is 4.98 Å². The van der Waals surface area contributed by atoms with Crippen LogP contribution in [0.25, 0.3) is 11.1 Å². The van der Waals surface area contributed by atoms with Crippen molar-refractivity contribution in [3.63, 3.8) is 0 Å². The highest BCUT2D eigenvalue weighted by Crippen LogP contribution is 2.31. The van der Waals surface area contributed by atoms with Crippen LogP contribution >= 0.6 is 23.2 Å². The number of nitrogens with zero attached hydrogens (tertiary/aromatic N) is 2. The third-order valence-corrected chi connectivity index (χ3v) is 4.74. The first-order valence-corrected chi connectivity index (χ1v) is 9.06. The van der Waals surface area contributed by atoms with Gasteiger partial charge in [-0.05, 0) is 36.4 Å². The Morgan fingerprint density at radius 3 is 2.37 bits per heavy atom. The summed E-state index contributed by atoms with van der Waals surface area (Å²) in [4.78, 5) is 27.7. The molecule has 0 spiro atoms. The van der Waals surface area contributed by atoms with Gasteiger partial charge in [0.15, 0.2) is 0 Å². The maximum Gasteiger partial charge on any atom is 0.377 e. The van der Waals surface area contributed by atoms with Gasteiger partial charge in [0.2, 0.25) is 0 Å². The van der Waals surface area contributed by atoms with E-state index < -0.39 is 29.2 Å². The quantitative estimate of drug-likeness (QED) is 0.406. The number of halogens is 3. The van der Waals surface area contributed by atoms with Crippen molar-refractivity contribution in [3.05, 3.63) is 81.7 Å². The van der Waals surface area contributed by atoms with Crippen molar-refractivity contribution in [1.29, 1.82) is 0 Å². The molecular weight excluding hydrogens is 438 g/mol. The zero-order valence-electron chi connectivity index (χ0n) is 15.0. The molecule has 0 fully saturated rings. The van der Waals surface area contributed by atoms with Gasteiger partial charge in [-0.2, -0.15) is 0 Å². The summed E-state index contributed by atoms with van der Waals surface area (Å²) in [7, 11) is 0. The first-order chi connectivity index (χ1) is 14.1. The minimum absolute atomic E-state index is 0.0600. The van der Waals surface area contributed by atoms with Gasteiger partial charge in [0.25, 0.3) is 5.91 Å². The molecule has 0 aliphatic heterocycles. The molecule has 3 aromatic rings. The number of hydrogen-bond donors (Lipinski definition) is 3. The molecule has 0 bridgehead atoms. The fourth-order valence-corrected chi connectivity index (χ4v) is 3.19. The van der Waals surface area contributed by atoms with Gasteiger partial charge in [-0.1, -0.05) is 35.3 Å². The summed E-state index contributed by atoms with van der Waals surface area (Å²) >= 11 is 12.0. The van der Waals surface area contributed by atoms with Crippen molar-refractivity contribution in [2.45, 2.75) is 6.10 Å². The third-order valence-electron chi connectivity index (χ3n) is 4.09. The number of aliphatic hydroxyl groups is 3. The van der Waals surface area contributed by atoms with Crippen LogP contribution in [-0.4, -0.2) is 38.6 Å². The van der Waals surface area contributed by atoms with E-state index in [0.29, 0.717) is 28.0 Å². The van der Waals surface area contributed by atoms with E-state index in [1.54, 1.807) is 0 Å². The molecule has 2 aromatic carbocycles. The molecule has 1 amide bonds. The second-order valence-electron chi connectivity index (χ2n) is 6.10. The summed E-state index contributed by atoms with van der Waals surface area (Å²) in [6.07, 6.45) is -1.84. The van der Waals surface area contributed by atoms with Crippen molar-refractivity contribution < 1.29 is 29.3 Å². The lowest BCUT2D eigenvalue weighted by molar-refractivity contribution is -0.304. The number of aldehydes is 1. The molecule has 3 rings (SSSR count). The summed E-state index contributed by atoms with van der Waals surface area (Å²) in [6, 6.07) is 10.6. The molecule has 0 aliphatic rings. The average Bonchev–Trinajstić information content (AvgIpc) is 2.68. The zero-order chi connectivity index (χ0) is 22.1. The van der Waals surface area contributed by atoms with Gasteiger partial charge in [-0.3, -0.25) is 9.59 Å². The van der Waals surface area contributed by atoms with Crippen molar-refractivity contribution in [2.75, 3.05) is 4.90 Å². The lowest BCUT2D eigenvalue weighted by Crippen LogP contribution is -2.53. The van der Waals surface area contributed by atoms with Crippen molar-refractivity contribution in [3.8, 4) is 11.1 Å². The molecule has 0 unspecified atom stereocenters. The molecule has 7 nitrogen and oxygen atoms in total. The molecule has 1 aromatic heterocycles. The van der Waals surface area contributed by atoms with Crippen LogP contribution in [0.2, 0.25) is 10.0 Å². The SMILES string of the molecule is O=Cc1ccc(Cl)c(-c2ccc(N(C(=O)c3c(F)cccc3Cl)C(O)(O)O)nc2)c1. The highest BCUT2D eigenvalue weighted by molar-refractivity contribution is 6.34. The van der Waals surface area contributed by atoms with Gasteiger partial charge >= 0.3 is 6.10 Å². The largest absolute Gasteiger partial charge is 0.377 e. The molecule has 30 heavy (non-hydrogen) atoms. The fraction of sp³-hybridized carbons (Fsp3) is 0.0500. The molecule has 154 valence electrons. The summed E-state index contributed by atoms with van der Waals surface area (Å²) in [6.45, 7) is 0.